The molecule has 0 amide bonds. The molecule has 21 heavy (non-hydrogen) atoms. The largest absolute Gasteiger partial charge is 0.574 e. The number of nitrogens with one attached hydrogen (secondary N) is 2. The predicted octanol–water partition coefficient (Wildman–Crippen LogP) is 0.350. The zero-order valence-electron chi connectivity index (χ0n) is 11.2. The van der Waals surface area contributed by atoms with Crippen LogP contribution in [0.3, 0.4) is 0 Å². The maximum atomic E-state index is 11.7. The summed E-state index contributed by atoms with van der Waals surface area (Å²) < 4.78 is 9.73. The summed E-state index contributed by atoms with van der Waals surface area (Å²) in [5, 5.41) is 22.5. The lowest BCUT2D eigenvalue weighted by molar-refractivity contribution is -0.394. The van der Waals surface area contributed by atoms with Gasteiger partial charge in [0.25, 0.3) is 5.69 Å². The minimum Gasteiger partial charge on any atom is -0.574 e. The summed E-state index contributed by atoms with van der Waals surface area (Å²) in [5.74, 6) is -3.18. The second kappa shape index (κ2) is 5.19. The van der Waals surface area contributed by atoms with Crippen LogP contribution >= 0.6 is 0 Å². The Morgan fingerprint density at radius 2 is 1.86 bits per heavy atom. The van der Waals surface area contributed by atoms with E-state index in [1.54, 1.807) is 6.07 Å². The molecule has 0 aliphatic carbocycles. The van der Waals surface area contributed by atoms with Crippen molar-refractivity contribution < 1.29 is 24.3 Å². The lowest BCUT2D eigenvalue weighted by Crippen LogP contribution is -2.44. The number of carbonyl (C=O) groups is 1. The fourth-order valence-corrected chi connectivity index (χ4v) is 1.62. The minimum atomic E-state index is -1.35. The molecule has 1 aliphatic rings. The van der Waals surface area contributed by atoms with E-state index >= 15 is 0 Å². The van der Waals surface area contributed by atoms with Gasteiger partial charge in [-0.05, 0) is 19.9 Å². The Kier molecular flexibility index (Phi) is 3.57. The summed E-state index contributed by atoms with van der Waals surface area (Å²) in [7, 11) is 0. The highest BCUT2D eigenvalue weighted by Crippen LogP contribution is 2.25. The van der Waals surface area contributed by atoms with E-state index in [4.69, 9.17) is 9.47 Å². The predicted molar refractivity (Wildman–Crippen MR) is 68.1 cm³/mol. The number of benzene rings is 1. The van der Waals surface area contributed by atoms with Gasteiger partial charge in [0.05, 0.1) is 10.9 Å². The van der Waals surface area contributed by atoms with E-state index in [1.165, 1.54) is 32.0 Å². The molecule has 0 unspecified atom stereocenters. The fourth-order valence-electron chi connectivity index (χ4n) is 1.62. The molecule has 0 radical (unpaired) electrons. The molecule has 0 saturated heterocycles. The van der Waals surface area contributed by atoms with Gasteiger partial charge in [-0.15, -0.1) is 0 Å². The van der Waals surface area contributed by atoms with Crippen molar-refractivity contribution in [2.75, 3.05) is 5.43 Å². The van der Waals surface area contributed by atoms with Gasteiger partial charge >= 0.3 is 5.97 Å². The second-order valence-electron chi connectivity index (χ2n) is 4.58. The molecule has 0 bridgehead atoms. The van der Waals surface area contributed by atoms with Crippen LogP contribution in [-0.2, 0) is 14.3 Å². The van der Waals surface area contributed by atoms with Gasteiger partial charge in [0.15, 0.2) is 11.5 Å². The number of nitro groups is 1. The number of rotatable bonds is 4. The maximum absolute atomic E-state index is 11.7. The number of hydrazine groups is 1. The summed E-state index contributed by atoms with van der Waals surface area (Å²) in [6, 6.07) is 5.73. The first-order valence-electron chi connectivity index (χ1n) is 5.89. The van der Waals surface area contributed by atoms with Crippen molar-refractivity contribution in [2.24, 2.45) is 0 Å². The van der Waals surface area contributed by atoms with Gasteiger partial charge in [-0.3, -0.25) is 21.0 Å². The smallest absolute Gasteiger partial charge is 0.359 e. The summed E-state index contributed by atoms with van der Waals surface area (Å²) in [5.41, 5.74) is 4.08. The number of hydrogen-bond acceptors (Lipinski definition) is 8. The van der Waals surface area contributed by atoms with Crippen LogP contribution in [0.15, 0.2) is 35.9 Å². The summed E-state index contributed by atoms with van der Waals surface area (Å²) in [6.07, 6.45) is 0. The Balaban J connectivity index is 2.17. The lowest BCUT2D eigenvalue weighted by Gasteiger charge is -2.39. The van der Waals surface area contributed by atoms with E-state index in [0.29, 0.717) is 0 Å². The van der Waals surface area contributed by atoms with E-state index in [0.717, 1.165) is 0 Å². The van der Waals surface area contributed by atoms with Gasteiger partial charge in [-0.2, -0.15) is 0 Å². The quantitative estimate of drug-likeness (QED) is 0.463. The summed E-state index contributed by atoms with van der Waals surface area (Å²) >= 11 is 0. The molecule has 1 aromatic rings. The van der Waals surface area contributed by atoms with Crippen molar-refractivity contribution in [3.8, 4) is 0 Å². The van der Waals surface area contributed by atoms with E-state index in [9.17, 15) is 20.0 Å². The van der Waals surface area contributed by atoms with Crippen LogP contribution in [0, 0.1) is 10.1 Å². The Morgan fingerprint density at radius 1 is 1.19 bits per heavy atom. The van der Waals surface area contributed by atoms with E-state index < -0.39 is 28.3 Å². The second-order valence-corrected chi connectivity index (χ2v) is 4.58. The first-order valence-corrected chi connectivity index (χ1v) is 5.89. The molecular formula is C12H12N3O6-. The highest BCUT2D eigenvalue weighted by molar-refractivity contribution is 5.89. The topological polar surface area (TPSA) is 126 Å². The molecule has 0 atom stereocenters. The number of nitrogens with zero attached hydrogens (tertiary/aromatic N) is 1. The number of cyclic esters (lactones) is 1. The van der Waals surface area contributed by atoms with Crippen LogP contribution in [0.2, 0.25) is 0 Å². The molecule has 2 N–H and O–H groups in total. The number of nitro benzene ring substituents is 1. The molecule has 9 nitrogen and oxygen atoms in total. The van der Waals surface area contributed by atoms with Crippen LogP contribution in [0.5, 0.6) is 0 Å². The Hall–Kier alpha value is -2.97. The van der Waals surface area contributed by atoms with Crippen molar-refractivity contribution in [1.29, 1.82) is 0 Å². The van der Waals surface area contributed by atoms with Crippen molar-refractivity contribution in [3.63, 3.8) is 0 Å². The van der Waals surface area contributed by atoms with Crippen molar-refractivity contribution in [1.82, 2.24) is 5.43 Å². The Morgan fingerprint density at radius 3 is 2.48 bits per heavy atom. The highest BCUT2D eigenvalue weighted by atomic mass is 16.8. The third-order valence-corrected chi connectivity index (χ3v) is 2.51. The number of esters is 1. The standard InChI is InChI=1S/C12H13N3O6/c1-12(2)20-10(16)9(11(17)21-12)14-13-7-5-3-4-6-8(7)15(18)19/h3-6,13-14,16H,1-2H3/p-1. The Labute approximate surface area is 119 Å². The number of hydrogen-bond donors (Lipinski definition) is 2. The maximum Gasteiger partial charge on any atom is 0.359 e. The van der Waals surface area contributed by atoms with Crippen molar-refractivity contribution in [2.45, 2.75) is 19.6 Å². The minimum absolute atomic E-state index is 0.0837. The average Bonchev–Trinajstić information content (AvgIpc) is 2.36. The van der Waals surface area contributed by atoms with Gasteiger partial charge in [-0.1, -0.05) is 12.1 Å². The first kappa shape index (κ1) is 14.4. The van der Waals surface area contributed by atoms with Crippen molar-refractivity contribution in [3.05, 3.63) is 46.0 Å². The molecule has 0 spiro atoms. The zero-order chi connectivity index (χ0) is 15.6. The summed E-state index contributed by atoms with van der Waals surface area (Å²) in [4.78, 5) is 21.9. The van der Waals surface area contributed by atoms with Gasteiger partial charge < -0.3 is 14.6 Å². The third kappa shape index (κ3) is 3.14. The first-order chi connectivity index (χ1) is 9.80. The van der Waals surface area contributed by atoms with Crippen LogP contribution in [0.25, 0.3) is 0 Å². The van der Waals surface area contributed by atoms with Crippen LogP contribution in [0.4, 0.5) is 11.4 Å². The van der Waals surface area contributed by atoms with Gasteiger partial charge in [0, 0.05) is 6.07 Å². The van der Waals surface area contributed by atoms with Crippen LogP contribution in [0.1, 0.15) is 13.8 Å². The Bertz CT molecular complexity index is 625. The third-order valence-electron chi connectivity index (χ3n) is 2.51. The molecule has 1 aromatic carbocycles. The molecule has 0 aromatic heterocycles. The normalized spacial score (nSPS) is 16.8. The molecular weight excluding hydrogens is 282 g/mol. The number of carbonyl (C=O) groups excluding carboxylic acids is 1. The van der Waals surface area contributed by atoms with Crippen LogP contribution < -0.4 is 16.0 Å². The molecule has 1 aliphatic heterocycles. The molecule has 9 heteroatoms. The number of anilines is 1. The monoisotopic (exact) mass is 294 g/mol. The average molecular weight is 294 g/mol. The van der Waals surface area contributed by atoms with Crippen molar-refractivity contribution >= 4 is 17.3 Å². The summed E-state index contributed by atoms with van der Waals surface area (Å²) in [6.45, 7) is 2.82. The van der Waals surface area contributed by atoms with E-state index in [2.05, 4.69) is 10.9 Å². The molecule has 2 rings (SSSR count). The molecule has 0 saturated carbocycles. The van der Waals surface area contributed by atoms with Gasteiger partial charge in [-0.25, -0.2) is 4.79 Å². The molecule has 112 valence electrons. The van der Waals surface area contributed by atoms with Crippen LogP contribution in [-0.4, -0.2) is 16.7 Å². The SMILES string of the molecule is CC1(C)OC(=O)C(NNc2ccccc2[N+](=O)[O-])=C([O-])O1. The fraction of sp³-hybridized carbons (Fsp3) is 0.250. The van der Waals surface area contributed by atoms with Gasteiger partial charge in [0.1, 0.15) is 5.69 Å². The number of ether oxygens (including phenoxy) is 2. The number of para-hydroxylation sites is 2. The molecule has 1 heterocycles. The zero-order valence-corrected chi connectivity index (χ0v) is 11.2. The lowest BCUT2D eigenvalue weighted by atomic mass is 10.3. The van der Waals surface area contributed by atoms with Gasteiger partial charge in [0.2, 0.25) is 0 Å². The highest BCUT2D eigenvalue weighted by Gasteiger charge is 2.29. The molecule has 0 fully saturated rings. The van der Waals surface area contributed by atoms with E-state index in [1.807, 2.05) is 0 Å². The van der Waals surface area contributed by atoms with E-state index in [-0.39, 0.29) is 11.4 Å².